The molecule has 1 aliphatic rings. The topological polar surface area (TPSA) is 80.8 Å². The number of anilines is 1. The molecule has 2 aromatic rings. The number of esters is 1. The molecule has 0 aromatic heterocycles. The Labute approximate surface area is 156 Å². The van der Waals surface area contributed by atoms with Gasteiger partial charge in [-0.05, 0) is 30.3 Å². The highest BCUT2D eigenvalue weighted by atomic mass is 16.5. The lowest BCUT2D eigenvalue weighted by Crippen LogP contribution is -2.29. The van der Waals surface area contributed by atoms with Crippen LogP contribution in [0.1, 0.15) is 51.8 Å². The van der Waals surface area contributed by atoms with Crippen LogP contribution < -0.4 is 4.90 Å². The molecule has 0 bridgehead atoms. The molecular formula is C21H19NO5. The smallest absolute Gasteiger partial charge is 0.338 e. The molecule has 0 unspecified atom stereocenters. The first kappa shape index (κ1) is 18.5. The minimum atomic E-state index is -0.689. The highest BCUT2D eigenvalue weighted by molar-refractivity contribution is 6.34. The summed E-state index contributed by atoms with van der Waals surface area (Å²) < 4.78 is 5.07. The number of Topliss-reactive ketones (excluding diaryl/α,β-unsaturated/α-hetero) is 1. The van der Waals surface area contributed by atoms with Crippen molar-refractivity contribution in [1.29, 1.82) is 0 Å². The van der Waals surface area contributed by atoms with Crippen molar-refractivity contribution in [1.82, 2.24) is 0 Å². The molecule has 0 saturated carbocycles. The Hall–Kier alpha value is -3.28. The normalized spacial score (nSPS) is 13.5. The van der Waals surface area contributed by atoms with Crippen LogP contribution in [0.25, 0.3) is 0 Å². The molecule has 2 aromatic carbocycles. The maximum atomic E-state index is 12.6. The Morgan fingerprint density at radius 1 is 0.926 bits per heavy atom. The maximum Gasteiger partial charge on any atom is 0.338 e. The van der Waals surface area contributed by atoms with Crippen LogP contribution in [0, 0.1) is 5.41 Å². The fourth-order valence-electron chi connectivity index (χ4n) is 2.63. The molecule has 0 radical (unpaired) electrons. The minimum absolute atomic E-state index is 0.158. The molecule has 3 rings (SSSR count). The quantitative estimate of drug-likeness (QED) is 0.614. The van der Waals surface area contributed by atoms with E-state index in [4.69, 9.17) is 4.74 Å². The number of ether oxygens (including phenoxy) is 1. The van der Waals surface area contributed by atoms with Crippen LogP contribution in [0.5, 0.6) is 0 Å². The first-order valence-electron chi connectivity index (χ1n) is 8.48. The van der Waals surface area contributed by atoms with E-state index in [1.807, 2.05) is 0 Å². The lowest BCUT2D eigenvalue weighted by Gasteiger charge is -2.17. The second-order valence-corrected chi connectivity index (χ2v) is 7.29. The van der Waals surface area contributed by atoms with Gasteiger partial charge in [0.25, 0.3) is 11.8 Å². The van der Waals surface area contributed by atoms with E-state index in [1.54, 1.807) is 57.2 Å². The van der Waals surface area contributed by atoms with Crippen molar-refractivity contribution in [3.8, 4) is 0 Å². The van der Waals surface area contributed by atoms with E-state index >= 15 is 0 Å². The Balaban J connectivity index is 1.81. The summed E-state index contributed by atoms with van der Waals surface area (Å²) in [6.45, 7) is 4.89. The number of hydrogen-bond donors (Lipinski definition) is 0. The largest absolute Gasteiger partial charge is 0.454 e. The molecule has 0 saturated heterocycles. The van der Waals surface area contributed by atoms with Gasteiger partial charge in [0.2, 0.25) is 0 Å². The Morgan fingerprint density at radius 2 is 1.52 bits per heavy atom. The van der Waals surface area contributed by atoms with Gasteiger partial charge in [-0.2, -0.15) is 0 Å². The van der Waals surface area contributed by atoms with Crippen molar-refractivity contribution in [2.75, 3.05) is 11.5 Å². The van der Waals surface area contributed by atoms with Gasteiger partial charge in [0, 0.05) is 5.41 Å². The molecule has 0 spiro atoms. The van der Waals surface area contributed by atoms with Crippen LogP contribution in [-0.2, 0) is 9.53 Å². The number of ketones is 1. The molecule has 0 aliphatic carbocycles. The van der Waals surface area contributed by atoms with E-state index in [1.165, 1.54) is 12.1 Å². The predicted octanol–water partition coefficient (Wildman–Crippen LogP) is 3.26. The van der Waals surface area contributed by atoms with Crippen molar-refractivity contribution in [3.05, 3.63) is 65.2 Å². The number of nitrogens with zero attached hydrogens (tertiary/aromatic N) is 1. The molecule has 0 N–H and O–H groups in total. The van der Waals surface area contributed by atoms with E-state index < -0.39 is 23.2 Å². The summed E-state index contributed by atoms with van der Waals surface area (Å²) in [6.07, 6.45) is 0. The molecule has 6 heteroatoms. The fourth-order valence-corrected chi connectivity index (χ4v) is 2.63. The maximum absolute atomic E-state index is 12.6. The van der Waals surface area contributed by atoms with Crippen LogP contribution in [0.3, 0.4) is 0 Å². The van der Waals surface area contributed by atoms with Gasteiger partial charge < -0.3 is 4.74 Å². The molecule has 1 heterocycles. The molecule has 27 heavy (non-hydrogen) atoms. The van der Waals surface area contributed by atoms with Crippen LogP contribution in [0.2, 0.25) is 0 Å². The lowest BCUT2D eigenvalue weighted by atomic mass is 9.91. The van der Waals surface area contributed by atoms with Gasteiger partial charge in [0.15, 0.2) is 12.4 Å². The van der Waals surface area contributed by atoms with Crippen LogP contribution in [0.4, 0.5) is 5.69 Å². The van der Waals surface area contributed by atoms with Crippen molar-refractivity contribution in [2.24, 2.45) is 5.41 Å². The molecule has 2 amide bonds. The number of hydrogen-bond acceptors (Lipinski definition) is 5. The Morgan fingerprint density at radius 3 is 2.07 bits per heavy atom. The summed E-state index contributed by atoms with van der Waals surface area (Å²) >= 11 is 0. The van der Waals surface area contributed by atoms with Gasteiger partial charge >= 0.3 is 5.97 Å². The fraction of sp³-hybridized carbons (Fsp3) is 0.238. The van der Waals surface area contributed by atoms with Gasteiger partial charge in [0.05, 0.1) is 22.4 Å². The van der Waals surface area contributed by atoms with Gasteiger partial charge in [0.1, 0.15) is 0 Å². The standard InChI is InChI=1S/C21H19NO5/c1-21(2,3)17(23)12-27-20(26)13-7-6-8-14(11-13)22-18(24)15-9-4-5-10-16(15)19(22)25/h4-11H,12H2,1-3H3. The summed E-state index contributed by atoms with van der Waals surface area (Å²) in [5, 5.41) is 0. The van der Waals surface area contributed by atoms with Crippen molar-refractivity contribution >= 4 is 29.3 Å². The predicted molar refractivity (Wildman–Crippen MR) is 98.8 cm³/mol. The van der Waals surface area contributed by atoms with E-state index in [9.17, 15) is 19.2 Å². The number of fused-ring (bicyclic) bond motifs is 1. The van der Waals surface area contributed by atoms with Crippen LogP contribution in [-0.4, -0.2) is 30.2 Å². The summed E-state index contributed by atoms with van der Waals surface area (Å²) in [4.78, 5) is 50.3. The number of amides is 2. The van der Waals surface area contributed by atoms with Crippen LogP contribution in [0.15, 0.2) is 48.5 Å². The average Bonchev–Trinajstić information content (AvgIpc) is 2.90. The average molecular weight is 365 g/mol. The van der Waals surface area contributed by atoms with Crippen molar-refractivity contribution in [2.45, 2.75) is 20.8 Å². The Kier molecular flexibility index (Phi) is 4.66. The number of benzene rings is 2. The first-order chi connectivity index (χ1) is 12.7. The zero-order valence-corrected chi connectivity index (χ0v) is 15.3. The summed E-state index contributed by atoms with van der Waals surface area (Å²) in [5.41, 5.74) is 0.475. The summed E-state index contributed by atoms with van der Waals surface area (Å²) in [5.74, 6) is -1.77. The minimum Gasteiger partial charge on any atom is -0.454 e. The van der Waals surface area contributed by atoms with Gasteiger partial charge in [-0.15, -0.1) is 0 Å². The zero-order chi connectivity index (χ0) is 19.8. The second-order valence-electron chi connectivity index (χ2n) is 7.29. The van der Waals surface area contributed by atoms with E-state index in [2.05, 4.69) is 0 Å². The van der Waals surface area contributed by atoms with E-state index in [0.717, 1.165) is 4.90 Å². The van der Waals surface area contributed by atoms with E-state index in [0.29, 0.717) is 11.1 Å². The Bertz CT molecular complexity index is 920. The van der Waals surface area contributed by atoms with Gasteiger partial charge in [-0.25, -0.2) is 9.69 Å². The highest BCUT2D eigenvalue weighted by Crippen LogP contribution is 2.28. The number of carbonyl (C=O) groups is 4. The van der Waals surface area contributed by atoms with Crippen molar-refractivity contribution < 1.29 is 23.9 Å². The van der Waals surface area contributed by atoms with E-state index in [-0.39, 0.29) is 23.6 Å². The number of carbonyl (C=O) groups excluding carboxylic acids is 4. The molecule has 6 nitrogen and oxygen atoms in total. The van der Waals surface area contributed by atoms with Crippen LogP contribution >= 0.6 is 0 Å². The third kappa shape index (κ3) is 3.51. The molecule has 138 valence electrons. The van der Waals surface area contributed by atoms with Crippen molar-refractivity contribution in [3.63, 3.8) is 0 Å². The zero-order valence-electron chi connectivity index (χ0n) is 15.3. The summed E-state index contributed by atoms with van der Waals surface area (Å²) in [7, 11) is 0. The monoisotopic (exact) mass is 365 g/mol. The summed E-state index contributed by atoms with van der Waals surface area (Å²) in [6, 6.07) is 12.6. The third-order valence-electron chi connectivity index (χ3n) is 4.30. The molecule has 0 atom stereocenters. The van der Waals surface area contributed by atoms with Gasteiger partial charge in [-0.3, -0.25) is 14.4 Å². The second kappa shape index (κ2) is 6.79. The molecular weight excluding hydrogens is 346 g/mol. The lowest BCUT2D eigenvalue weighted by molar-refractivity contribution is -0.129. The molecule has 0 fully saturated rings. The first-order valence-corrected chi connectivity index (χ1v) is 8.48. The highest BCUT2D eigenvalue weighted by Gasteiger charge is 2.36. The number of rotatable bonds is 4. The number of imide groups is 1. The molecule has 1 aliphatic heterocycles. The third-order valence-corrected chi connectivity index (χ3v) is 4.30. The van der Waals surface area contributed by atoms with Gasteiger partial charge in [-0.1, -0.05) is 39.0 Å². The SMILES string of the molecule is CC(C)(C)C(=O)COC(=O)c1cccc(N2C(=O)c3ccccc3C2=O)c1.